The van der Waals surface area contributed by atoms with Gasteiger partial charge in [-0.05, 0) is 30.3 Å². The predicted octanol–water partition coefficient (Wildman–Crippen LogP) is 2.10. The molecule has 0 fully saturated rings. The van der Waals surface area contributed by atoms with Crippen molar-refractivity contribution in [2.45, 2.75) is 19.1 Å². The molecule has 0 aliphatic rings. The molecule has 0 aliphatic carbocycles. The zero-order valence-corrected chi connectivity index (χ0v) is 19.1. The maximum Gasteiger partial charge on any atom is 0.251 e. The van der Waals surface area contributed by atoms with Crippen LogP contribution in [0.2, 0.25) is 0 Å². The number of rotatable bonds is 12. The molecule has 3 N–H and O–H groups in total. The first-order chi connectivity index (χ1) is 16.5. The molecule has 0 saturated carbocycles. The van der Waals surface area contributed by atoms with Crippen LogP contribution in [0.1, 0.15) is 16.8 Å². The molecule has 0 bridgehead atoms. The number of carbonyl (C=O) groups is 2. The molecule has 34 heavy (non-hydrogen) atoms. The van der Waals surface area contributed by atoms with E-state index < -0.39 is 6.10 Å². The number of anilines is 1. The SMILES string of the molecule is COc1cccc(OC)c1OCC(O)CNC(=O)c1cccc(NC(=O)CCn2ccnc2)c1. The molecule has 2 amide bonds. The van der Waals surface area contributed by atoms with E-state index >= 15 is 0 Å². The van der Waals surface area contributed by atoms with E-state index in [1.165, 1.54) is 14.2 Å². The summed E-state index contributed by atoms with van der Waals surface area (Å²) in [6.45, 7) is 0.397. The van der Waals surface area contributed by atoms with Gasteiger partial charge in [0.05, 0.1) is 20.5 Å². The largest absolute Gasteiger partial charge is 0.493 e. The van der Waals surface area contributed by atoms with Crippen molar-refractivity contribution in [3.8, 4) is 17.2 Å². The molecule has 180 valence electrons. The van der Waals surface area contributed by atoms with E-state index in [0.717, 1.165) is 0 Å². The number of ether oxygens (including phenoxy) is 3. The average Bonchev–Trinajstić information content (AvgIpc) is 3.38. The highest BCUT2D eigenvalue weighted by Crippen LogP contribution is 2.36. The summed E-state index contributed by atoms with van der Waals surface area (Å²) in [6, 6.07) is 11.8. The lowest BCUT2D eigenvalue weighted by Crippen LogP contribution is -2.35. The number of aryl methyl sites for hydroxylation is 1. The van der Waals surface area contributed by atoms with Gasteiger partial charge in [0, 0.05) is 43.2 Å². The fourth-order valence-electron chi connectivity index (χ4n) is 3.12. The molecule has 0 aliphatic heterocycles. The second-order valence-electron chi connectivity index (χ2n) is 7.35. The van der Waals surface area contributed by atoms with Crippen LogP contribution in [0.15, 0.2) is 61.2 Å². The molecule has 3 rings (SSSR count). The van der Waals surface area contributed by atoms with E-state index in [1.807, 2.05) is 4.57 Å². The lowest BCUT2D eigenvalue weighted by molar-refractivity contribution is -0.116. The summed E-state index contributed by atoms with van der Waals surface area (Å²) in [5.41, 5.74) is 0.863. The highest BCUT2D eigenvalue weighted by atomic mass is 16.5. The van der Waals surface area contributed by atoms with Crippen molar-refractivity contribution in [3.05, 3.63) is 66.7 Å². The number of aromatic nitrogens is 2. The fraction of sp³-hybridized carbons (Fsp3) is 0.292. The number of benzene rings is 2. The summed E-state index contributed by atoms with van der Waals surface area (Å²) in [6.07, 6.45) is 4.38. The number of carbonyl (C=O) groups excluding carboxylic acids is 2. The number of amides is 2. The number of aliphatic hydroxyl groups is 1. The third-order valence-electron chi connectivity index (χ3n) is 4.87. The van der Waals surface area contributed by atoms with Gasteiger partial charge in [-0.15, -0.1) is 0 Å². The van der Waals surface area contributed by atoms with Gasteiger partial charge in [-0.3, -0.25) is 9.59 Å². The fourth-order valence-corrected chi connectivity index (χ4v) is 3.12. The average molecular weight is 469 g/mol. The van der Waals surface area contributed by atoms with Gasteiger partial charge in [-0.25, -0.2) is 4.98 Å². The van der Waals surface area contributed by atoms with Gasteiger partial charge >= 0.3 is 0 Å². The minimum Gasteiger partial charge on any atom is -0.493 e. The Hall–Kier alpha value is -4.05. The van der Waals surface area contributed by atoms with E-state index in [-0.39, 0.29) is 31.4 Å². The van der Waals surface area contributed by atoms with E-state index in [0.29, 0.717) is 35.0 Å². The van der Waals surface area contributed by atoms with Crippen LogP contribution in [-0.2, 0) is 11.3 Å². The van der Waals surface area contributed by atoms with Crippen molar-refractivity contribution in [2.24, 2.45) is 0 Å². The third kappa shape index (κ3) is 6.97. The molecule has 0 spiro atoms. The number of hydrogen-bond acceptors (Lipinski definition) is 7. The Morgan fingerprint density at radius 1 is 1.12 bits per heavy atom. The van der Waals surface area contributed by atoms with Crippen LogP contribution in [0.3, 0.4) is 0 Å². The Morgan fingerprint density at radius 2 is 1.85 bits per heavy atom. The van der Waals surface area contributed by atoms with E-state index in [2.05, 4.69) is 15.6 Å². The summed E-state index contributed by atoms with van der Waals surface area (Å²) in [5.74, 6) is 0.752. The highest BCUT2D eigenvalue weighted by Gasteiger charge is 2.15. The summed E-state index contributed by atoms with van der Waals surface area (Å²) in [7, 11) is 3.02. The topological polar surface area (TPSA) is 124 Å². The van der Waals surface area contributed by atoms with Crippen molar-refractivity contribution >= 4 is 17.5 Å². The van der Waals surface area contributed by atoms with Crippen LogP contribution in [0.25, 0.3) is 0 Å². The van der Waals surface area contributed by atoms with Crippen LogP contribution >= 0.6 is 0 Å². The van der Waals surface area contributed by atoms with Crippen molar-refractivity contribution in [1.82, 2.24) is 14.9 Å². The Morgan fingerprint density at radius 3 is 2.53 bits per heavy atom. The molecule has 1 unspecified atom stereocenters. The molecule has 0 saturated heterocycles. The zero-order chi connectivity index (χ0) is 24.3. The molecule has 10 heteroatoms. The lowest BCUT2D eigenvalue weighted by atomic mass is 10.2. The quantitative estimate of drug-likeness (QED) is 0.372. The second kappa shape index (κ2) is 12.3. The molecular formula is C24H28N4O6. The van der Waals surface area contributed by atoms with Crippen molar-refractivity contribution in [2.75, 3.05) is 32.7 Å². The molecular weight excluding hydrogens is 440 g/mol. The third-order valence-corrected chi connectivity index (χ3v) is 4.87. The van der Waals surface area contributed by atoms with Gasteiger partial charge in [0.25, 0.3) is 5.91 Å². The smallest absolute Gasteiger partial charge is 0.251 e. The number of nitrogens with one attached hydrogen (secondary N) is 2. The van der Waals surface area contributed by atoms with Crippen LogP contribution in [-0.4, -0.2) is 59.9 Å². The van der Waals surface area contributed by atoms with Gasteiger partial charge in [0.15, 0.2) is 11.5 Å². The second-order valence-corrected chi connectivity index (χ2v) is 7.35. The monoisotopic (exact) mass is 468 g/mol. The van der Waals surface area contributed by atoms with Crippen molar-refractivity contribution < 1.29 is 28.9 Å². The summed E-state index contributed by atoms with van der Waals surface area (Å²) in [4.78, 5) is 28.6. The van der Waals surface area contributed by atoms with Crippen LogP contribution in [0, 0.1) is 0 Å². The molecule has 0 radical (unpaired) electrons. The highest BCUT2D eigenvalue weighted by molar-refractivity contribution is 5.97. The minimum absolute atomic E-state index is 0.0300. The molecule has 3 aromatic rings. The number of imidazole rings is 1. The Kier molecular flexibility index (Phi) is 8.87. The van der Waals surface area contributed by atoms with Gasteiger partial charge in [0.2, 0.25) is 11.7 Å². The first-order valence-corrected chi connectivity index (χ1v) is 10.7. The lowest BCUT2D eigenvalue weighted by Gasteiger charge is -2.17. The summed E-state index contributed by atoms with van der Waals surface area (Å²) in [5, 5.41) is 15.7. The van der Waals surface area contributed by atoms with Gasteiger partial charge < -0.3 is 34.5 Å². The minimum atomic E-state index is -0.968. The number of methoxy groups -OCH3 is 2. The standard InChI is InChI=1S/C24H28N4O6/c1-32-20-7-4-8-21(33-2)23(20)34-15-19(29)14-26-24(31)17-5-3-6-18(13-17)27-22(30)9-11-28-12-10-25-16-28/h3-8,10,12-13,16,19,29H,9,11,14-15H2,1-2H3,(H,26,31)(H,27,30). The predicted molar refractivity (Wildman–Crippen MR) is 125 cm³/mol. The first kappa shape index (κ1) is 24.6. The maximum absolute atomic E-state index is 12.5. The van der Waals surface area contributed by atoms with Crippen LogP contribution < -0.4 is 24.8 Å². The van der Waals surface area contributed by atoms with E-state index in [4.69, 9.17) is 14.2 Å². The molecule has 1 aromatic heterocycles. The van der Waals surface area contributed by atoms with Gasteiger partial charge in [0.1, 0.15) is 12.7 Å². The van der Waals surface area contributed by atoms with Gasteiger partial charge in [-0.1, -0.05) is 12.1 Å². The normalized spacial score (nSPS) is 11.4. The Bertz CT molecular complexity index is 1060. The molecule has 2 aromatic carbocycles. The zero-order valence-electron chi connectivity index (χ0n) is 19.1. The Labute approximate surface area is 197 Å². The number of para-hydroxylation sites is 1. The number of nitrogens with zero attached hydrogens (tertiary/aromatic N) is 2. The van der Waals surface area contributed by atoms with Crippen molar-refractivity contribution in [1.29, 1.82) is 0 Å². The molecule has 1 atom stereocenters. The summed E-state index contributed by atoms with van der Waals surface area (Å²) < 4.78 is 18.0. The van der Waals surface area contributed by atoms with E-state index in [9.17, 15) is 14.7 Å². The maximum atomic E-state index is 12.5. The first-order valence-electron chi connectivity index (χ1n) is 10.7. The van der Waals surface area contributed by atoms with Gasteiger partial charge in [-0.2, -0.15) is 0 Å². The van der Waals surface area contributed by atoms with Crippen LogP contribution in [0.5, 0.6) is 17.2 Å². The number of aliphatic hydroxyl groups excluding tert-OH is 1. The van der Waals surface area contributed by atoms with Crippen molar-refractivity contribution in [3.63, 3.8) is 0 Å². The molecule has 1 heterocycles. The molecule has 10 nitrogen and oxygen atoms in total. The summed E-state index contributed by atoms with van der Waals surface area (Å²) >= 11 is 0. The van der Waals surface area contributed by atoms with E-state index in [1.54, 1.807) is 61.2 Å². The Balaban J connectivity index is 1.48. The van der Waals surface area contributed by atoms with Crippen LogP contribution in [0.4, 0.5) is 5.69 Å². The number of hydrogen-bond donors (Lipinski definition) is 3.